The Morgan fingerprint density at radius 3 is 2.32 bits per heavy atom. The van der Waals surface area contributed by atoms with Crippen molar-refractivity contribution >= 4 is 5.91 Å². The zero-order valence-electron chi connectivity index (χ0n) is 15.1. The molecule has 1 heterocycles. The van der Waals surface area contributed by atoms with Crippen LogP contribution < -0.4 is 4.74 Å². The van der Waals surface area contributed by atoms with E-state index in [-0.39, 0.29) is 17.7 Å². The molecule has 0 N–H and O–H groups in total. The van der Waals surface area contributed by atoms with Gasteiger partial charge in [0.15, 0.2) is 0 Å². The average molecular weight is 355 g/mol. The van der Waals surface area contributed by atoms with Crippen molar-refractivity contribution in [3.05, 3.63) is 29.8 Å². The minimum atomic E-state index is -2.82. The van der Waals surface area contributed by atoms with Crippen molar-refractivity contribution in [3.63, 3.8) is 0 Å². The number of piperazine rings is 1. The second-order valence-electron chi connectivity index (χ2n) is 6.37. The first-order valence-corrected chi connectivity index (χ1v) is 8.65. The van der Waals surface area contributed by atoms with Gasteiger partial charge in [-0.25, -0.2) is 0 Å². The molecule has 1 aliphatic heterocycles. The van der Waals surface area contributed by atoms with E-state index in [0.29, 0.717) is 6.54 Å². The third-order valence-corrected chi connectivity index (χ3v) is 4.73. The van der Waals surface area contributed by atoms with Crippen molar-refractivity contribution < 1.29 is 18.3 Å². The van der Waals surface area contributed by atoms with Crippen molar-refractivity contribution in [2.45, 2.75) is 33.0 Å². The summed E-state index contributed by atoms with van der Waals surface area (Å²) >= 11 is 0. The molecule has 1 saturated heterocycles. The van der Waals surface area contributed by atoms with Crippen LogP contribution in [0.5, 0.6) is 5.75 Å². The second-order valence-corrected chi connectivity index (χ2v) is 6.37. The standard InChI is InChI=1S/C18H27F2N3O2/c1-4-22-9-11-23(12-10-22)17(24)14(2)21(3)13-15-5-7-16(8-6-15)25-18(19)20/h5-8,14,18H,4,9-13H2,1-3H3. The van der Waals surface area contributed by atoms with Gasteiger partial charge in [0.25, 0.3) is 0 Å². The van der Waals surface area contributed by atoms with E-state index in [1.54, 1.807) is 12.1 Å². The van der Waals surface area contributed by atoms with Gasteiger partial charge in [0.2, 0.25) is 5.91 Å². The van der Waals surface area contributed by atoms with Gasteiger partial charge in [0.1, 0.15) is 5.75 Å². The van der Waals surface area contributed by atoms with E-state index in [1.807, 2.05) is 23.8 Å². The van der Waals surface area contributed by atoms with Gasteiger partial charge in [-0.3, -0.25) is 9.69 Å². The van der Waals surface area contributed by atoms with Gasteiger partial charge in [0.05, 0.1) is 6.04 Å². The molecular formula is C18H27F2N3O2. The fourth-order valence-electron chi connectivity index (χ4n) is 2.94. The van der Waals surface area contributed by atoms with Gasteiger partial charge in [-0.1, -0.05) is 19.1 Å². The summed E-state index contributed by atoms with van der Waals surface area (Å²) in [5.74, 6) is 0.273. The molecule has 1 atom stereocenters. The molecule has 1 unspecified atom stereocenters. The Labute approximate surface area is 148 Å². The number of hydrogen-bond acceptors (Lipinski definition) is 4. The maximum absolute atomic E-state index is 12.7. The van der Waals surface area contributed by atoms with Crippen LogP contribution in [0.2, 0.25) is 0 Å². The highest BCUT2D eigenvalue weighted by atomic mass is 19.3. The Hall–Kier alpha value is -1.73. The van der Waals surface area contributed by atoms with Gasteiger partial charge in [-0.05, 0) is 38.2 Å². The second kappa shape index (κ2) is 9.10. The maximum Gasteiger partial charge on any atom is 0.387 e. The summed E-state index contributed by atoms with van der Waals surface area (Å²) < 4.78 is 28.7. The minimum Gasteiger partial charge on any atom is -0.435 e. The van der Waals surface area contributed by atoms with E-state index in [1.165, 1.54) is 12.1 Å². The van der Waals surface area contributed by atoms with Crippen LogP contribution in [0, 0.1) is 0 Å². The zero-order chi connectivity index (χ0) is 18.4. The molecule has 0 bridgehead atoms. The van der Waals surface area contributed by atoms with E-state index in [2.05, 4.69) is 16.6 Å². The molecule has 1 aromatic rings. The number of hydrogen-bond donors (Lipinski definition) is 0. The molecule has 25 heavy (non-hydrogen) atoms. The van der Waals surface area contributed by atoms with E-state index in [9.17, 15) is 13.6 Å². The molecule has 140 valence electrons. The van der Waals surface area contributed by atoms with Crippen molar-refractivity contribution in [3.8, 4) is 5.75 Å². The zero-order valence-corrected chi connectivity index (χ0v) is 15.1. The molecule has 1 aliphatic rings. The monoisotopic (exact) mass is 355 g/mol. The molecule has 1 amide bonds. The summed E-state index contributed by atoms with van der Waals surface area (Å²) in [6.45, 7) is 6.18. The lowest BCUT2D eigenvalue weighted by Gasteiger charge is -2.37. The van der Waals surface area contributed by atoms with Gasteiger partial charge >= 0.3 is 6.61 Å². The smallest absolute Gasteiger partial charge is 0.387 e. The summed E-state index contributed by atoms with van der Waals surface area (Å²) in [6, 6.07) is 6.29. The number of ether oxygens (including phenoxy) is 1. The number of amides is 1. The Bertz CT molecular complexity index is 546. The van der Waals surface area contributed by atoms with Gasteiger partial charge < -0.3 is 14.5 Å². The van der Waals surface area contributed by atoms with E-state index < -0.39 is 6.61 Å². The van der Waals surface area contributed by atoms with Gasteiger partial charge in [0, 0.05) is 32.7 Å². The number of alkyl halides is 2. The molecule has 0 spiro atoms. The highest BCUT2D eigenvalue weighted by molar-refractivity contribution is 5.81. The summed E-state index contributed by atoms with van der Waals surface area (Å²) in [5, 5.41) is 0. The van der Waals surface area contributed by atoms with E-state index in [0.717, 1.165) is 38.3 Å². The first-order valence-electron chi connectivity index (χ1n) is 8.65. The maximum atomic E-state index is 12.7. The summed E-state index contributed by atoms with van der Waals surface area (Å²) in [4.78, 5) is 18.9. The fourth-order valence-corrected chi connectivity index (χ4v) is 2.94. The lowest BCUT2D eigenvalue weighted by Crippen LogP contribution is -2.53. The third kappa shape index (κ3) is 5.64. The minimum absolute atomic E-state index is 0.135. The third-order valence-electron chi connectivity index (χ3n) is 4.73. The Balaban J connectivity index is 1.87. The first-order chi connectivity index (χ1) is 11.9. The number of rotatable bonds is 7. The van der Waals surface area contributed by atoms with Crippen LogP contribution in [0.1, 0.15) is 19.4 Å². The predicted molar refractivity (Wildman–Crippen MR) is 92.7 cm³/mol. The van der Waals surface area contributed by atoms with Gasteiger partial charge in [-0.2, -0.15) is 8.78 Å². The van der Waals surface area contributed by atoms with Crippen LogP contribution in [-0.4, -0.2) is 73.0 Å². The number of nitrogens with zero attached hydrogens (tertiary/aromatic N) is 3. The molecule has 1 aromatic carbocycles. The lowest BCUT2D eigenvalue weighted by atomic mass is 10.1. The number of likely N-dealkylation sites (N-methyl/N-ethyl adjacent to an activating group) is 2. The predicted octanol–water partition coefficient (Wildman–Crippen LogP) is 2.27. The van der Waals surface area contributed by atoms with Crippen molar-refractivity contribution in [2.24, 2.45) is 0 Å². The highest BCUT2D eigenvalue weighted by Gasteiger charge is 2.26. The highest BCUT2D eigenvalue weighted by Crippen LogP contribution is 2.17. The normalized spacial score (nSPS) is 17.2. The quantitative estimate of drug-likeness (QED) is 0.752. The van der Waals surface area contributed by atoms with E-state index in [4.69, 9.17) is 0 Å². The van der Waals surface area contributed by atoms with Crippen LogP contribution in [0.3, 0.4) is 0 Å². The molecule has 0 saturated carbocycles. The molecule has 2 rings (SSSR count). The molecule has 0 aromatic heterocycles. The fraction of sp³-hybridized carbons (Fsp3) is 0.611. The number of halogens is 2. The Kier molecular flexibility index (Phi) is 7.13. The van der Waals surface area contributed by atoms with Crippen LogP contribution in [0.25, 0.3) is 0 Å². The molecule has 7 heteroatoms. The number of benzene rings is 1. The van der Waals surface area contributed by atoms with Crippen LogP contribution >= 0.6 is 0 Å². The number of carbonyl (C=O) groups excluding carboxylic acids is 1. The lowest BCUT2D eigenvalue weighted by molar-refractivity contribution is -0.137. The average Bonchev–Trinajstić information content (AvgIpc) is 2.61. The Morgan fingerprint density at radius 2 is 1.80 bits per heavy atom. The molecule has 0 aliphatic carbocycles. The molecular weight excluding hydrogens is 328 g/mol. The van der Waals surface area contributed by atoms with Crippen LogP contribution in [0.15, 0.2) is 24.3 Å². The Morgan fingerprint density at radius 1 is 1.20 bits per heavy atom. The summed E-state index contributed by atoms with van der Waals surface area (Å²) in [7, 11) is 1.90. The van der Waals surface area contributed by atoms with E-state index >= 15 is 0 Å². The molecule has 1 fully saturated rings. The summed E-state index contributed by atoms with van der Waals surface area (Å²) in [6.07, 6.45) is 0. The van der Waals surface area contributed by atoms with Crippen molar-refractivity contribution in [1.82, 2.24) is 14.7 Å². The molecule has 5 nitrogen and oxygen atoms in total. The van der Waals surface area contributed by atoms with Crippen LogP contribution in [-0.2, 0) is 11.3 Å². The van der Waals surface area contributed by atoms with Crippen molar-refractivity contribution in [1.29, 1.82) is 0 Å². The SMILES string of the molecule is CCN1CCN(C(=O)C(C)N(C)Cc2ccc(OC(F)F)cc2)CC1. The van der Waals surface area contributed by atoms with Crippen LogP contribution in [0.4, 0.5) is 8.78 Å². The number of carbonyl (C=O) groups is 1. The first kappa shape index (κ1) is 19.6. The largest absolute Gasteiger partial charge is 0.435 e. The van der Waals surface area contributed by atoms with Gasteiger partial charge in [-0.15, -0.1) is 0 Å². The summed E-state index contributed by atoms with van der Waals surface area (Å²) in [5.41, 5.74) is 0.944. The van der Waals surface area contributed by atoms with Crippen molar-refractivity contribution in [2.75, 3.05) is 39.8 Å². The molecule has 0 radical (unpaired) electrons. The topological polar surface area (TPSA) is 36.0 Å².